The minimum atomic E-state index is 0.633. The van der Waals surface area contributed by atoms with E-state index in [0.717, 1.165) is 11.8 Å². The maximum atomic E-state index is 4.79. The van der Waals surface area contributed by atoms with Crippen molar-refractivity contribution < 1.29 is 0 Å². The van der Waals surface area contributed by atoms with Crippen LogP contribution in [0.1, 0.15) is 39.5 Å². The molecule has 0 aromatic heterocycles. The number of rotatable bonds is 3. The van der Waals surface area contributed by atoms with Gasteiger partial charge >= 0.3 is 0 Å². The Morgan fingerprint density at radius 3 is 2.88 bits per heavy atom. The van der Waals surface area contributed by atoms with E-state index in [0.29, 0.717) is 12.0 Å². The first kappa shape index (κ1) is 13.6. The maximum absolute atomic E-state index is 4.79. The fraction of sp³-hybridized carbons (Fsp3) is 0.923. The molecule has 1 N–H and O–H groups in total. The molecule has 0 bridgehead atoms. The molecule has 2 fully saturated rings. The molecule has 2 saturated heterocycles. The third-order valence-corrected chi connectivity index (χ3v) is 5.83. The second kappa shape index (κ2) is 6.93. The fourth-order valence-electron chi connectivity index (χ4n) is 2.28. The first-order valence-corrected chi connectivity index (χ1v) is 8.84. The highest BCUT2D eigenvalue weighted by molar-refractivity contribution is 8.13. The monoisotopic (exact) mass is 272 g/mol. The van der Waals surface area contributed by atoms with Crippen molar-refractivity contribution in [1.29, 1.82) is 0 Å². The van der Waals surface area contributed by atoms with Crippen molar-refractivity contribution in [1.82, 2.24) is 5.32 Å². The summed E-state index contributed by atoms with van der Waals surface area (Å²) in [6.07, 6.45) is 5.44. The van der Waals surface area contributed by atoms with Gasteiger partial charge in [0.1, 0.15) is 0 Å². The van der Waals surface area contributed by atoms with E-state index < -0.39 is 0 Å². The highest BCUT2D eigenvalue weighted by atomic mass is 32.2. The standard InChI is InChI=1S/C13H24N2S2/c1-10(2)12-6-8-17-13(15-12)14-9-11-5-3-4-7-16-11/h10-12H,3-9H2,1-2H3,(H,14,15). The Hall–Kier alpha value is 0.170. The number of aliphatic imine (C=N–C) groups is 1. The highest BCUT2D eigenvalue weighted by Crippen LogP contribution is 2.26. The molecule has 4 heteroatoms. The molecule has 0 spiro atoms. The lowest BCUT2D eigenvalue weighted by molar-refractivity contribution is 0.442. The van der Waals surface area contributed by atoms with Crippen LogP contribution in [-0.4, -0.2) is 34.5 Å². The third-order valence-electron chi connectivity index (χ3n) is 3.49. The van der Waals surface area contributed by atoms with Gasteiger partial charge in [0.25, 0.3) is 0 Å². The zero-order chi connectivity index (χ0) is 12.1. The van der Waals surface area contributed by atoms with E-state index in [2.05, 4.69) is 30.9 Å². The van der Waals surface area contributed by atoms with E-state index in [1.165, 1.54) is 42.4 Å². The maximum Gasteiger partial charge on any atom is 0.156 e. The first-order valence-electron chi connectivity index (χ1n) is 6.81. The van der Waals surface area contributed by atoms with Gasteiger partial charge in [0.05, 0.1) is 6.54 Å². The molecule has 0 aromatic rings. The Morgan fingerprint density at radius 1 is 1.29 bits per heavy atom. The second-order valence-electron chi connectivity index (χ2n) is 5.27. The zero-order valence-corrected chi connectivity index (χ0v) is 12.6. The van der Waals surface area contributed by atoms with Crippen LogP contribution in [0.3, 0.4) is 0 Å². The van der Waals surface area contributed by atoms with Crippen LogP contribution in [0, 0.1) is 5.92 Å². The van der Waals surface area contributed by atoms with E-state index >= 15 is 0 Å². The molecule has 0 aromatic carbocycles. The summed E-state index contributed by atoms with van der Waals surface area (Å²) in [6.45, 7) is 5.61. The van der Waals surface area contributed by atoms with Crippen molar-refractivity contribution >= 4 is 28.7 Å². The molecule has 17 heavy (non-hydrogen) atoms. The smallest absolute Gasteiger partial charge is 0.156 e. The molecule has 2 rings (SSSR count). The average molecular weight is 272 g/mol. The van der Waals surface area contributed by atoms with Crippen molar-refractivity contribution in [2.45, 2.75) is 50.8 Å². The molecule has 98 valence electrons. The topological polar surface area (TPSA) is 24.4 Å². The van der Waals surface area contributed by atoms with Gasteiger partial charge in [0.2, 0.25) is 0 Å². The van der Waals surface area contributed by atoms with Gasteiger partial charge in [-0.15, -0.1) is 0 Å². The summed E-state index contributed by atoms with van der Waals surface area (Å²) in [7, 11) is 0. The van der Waals surface area contributed by atoms with Gasteiger partial charge in [0.15, 0.2) is 5.17 Å². The lowest BCUT2D eigenvalue weighted by Gasteiger charge is -2.29. The van der Waals surface area contributed by atoms with Crippen LogP contribution < -0.4 is 5.32 Å². The fourth-order valence-corrected chi connectivity index (χ4v) is 4.47. The summed E-state index contributed by atoms with van der Waals surface area (Å²) >= 11 is 4.02. The van der Waals surface area contributed by atoms with Crippen LogP contribution in [0.4, 0.5) is 0 Å². The molecular formula is C13H24N2S2. The third kappa shape index (κ3) is 4.40. The van der Waals surface area contributed by atoms with E-state index in [-0.39, 0.29) is 0 Å². The molecule has 0 amide bonds. The number of thioether (sulfide) groups is 2. The van der Waals surface area contributed by atoms with Crippen LogP contribution in [0.25, 0.3) is 0 Å². The van der Waals surface area contributed by atoms with Crippen molar-refractivity contribution in [3.63, 3.8) is 0 Å². The van der Waals surface area contributed by atoms with Gasteiger partial charge in [-0.1, -0.05) is 32.0 Å². The Bertz CT molecular complexity index is 260. The Morgan fingerprint density at radius 2 is 2.18 bits per heavy atom. The largest absolute Gasteiger partial charge is 0.362 e. The predicted molar refractivity (Wildman–Crippen MR) is 81.2 cm³/mol. The number of hydrogen-bond acceptors (Lipinski definition) is 3. The van der Waals surface area contributed by atoms with Crippen molar-refractivity contribution in [3.05, 3.63) is 0 Å². The van der Waals surface area contributed by atoms with E-state index in [1.54, 1.807) is 0 Å². The summed E-state index contributed by atoms with van der Waals surface area (Å²) in [4.78, 5) is 4.79. The van der Waals surface area contributed by atoms with Gasteiger partial charge in [-0.05, 0) is 30.9 Å². The summed E-state index contributed by atoms with van der Waals surface area (Å²) in [6, 6.07) is 0.633. The minimum absolute atomic E-state index is 0.633. The van der Waals surface area contributed by atoms with Crippen molar-refractivity contribution in [3.8, 4) is 0 Å². The van der Waals surface area contributed by atoms with Crippen LogP contribution in [-0.2, 0) is 0 Å². The van der Waals surface area contributed by atoms with Crippen molar-refractivity contribution in [2.24, 2.45) is 10.9 Å². The molecule has 0 radical (unpaired) electrons. The second-order valence-corrected chi connectivity index (χ2v) is 7.76. The van der Waals surface area contributed by atoms with E-state index in [4.69, 9.17) is 4.99 Å². The molecule has 2 atom stereocenters. The normalized spacial score (nSPS) is 32.8. The Labute approximate surface area is 114 Å². The lowest BCUT2D eigenvalue weighted by atomic mass is 10.0. The minimum Gasteiger partial charge on any atom is -0.362 e. The summed E-state index contributed by atoms with van der Waals surface area (Å²) < 4.78 is 0. The molecule has 2 unspecified atom stereocenters. The Balaban J connectivity index is 1.79. The molecule has 0 aliphatic carbocycles. The van der Waals surface area contributed by atoms with E-state index in [9.17, 15) is 0 Å². The lowest BCUT2D eigenvalue weighted by Crippen LogP contribution is -2.41. The molecule has 2 aliphatic heterocycles. The molecule has 0 saturated carbocycles. The van der Waals surface area contributed by atoms with Crippen LogP contribution in [0.15, 0.2) is 4.99 Å². The molecule has 2 heterocycles. The quantitative estimate of drug-likeness (QED) is 0.852. The van der Waals surface area contributed by atoms with E-state index in [1.807, 2.05) is 11.8 Å². The average Bonchev–Trinajstić information content (AvgIpc) is 2.38. The number of nitrogens with zero attached hydrogens (tertiary/aromatic N) is 1. The van der Waals surface area contributed by atoms with Gasteiger partial charge < -0.3 is 5.32 Å². The summed E-state index contributed by atoms with van der Waals surface area (Å²) in [5, 5.41) is 5.57. The van der Waals surface area contributed by atoms with Crippen LogP contribution >= 0.6 is 23.5 Å². The summed E-state index contributed by atoms with van der Waals surface area (Å²) in [5.74, 6) is 3.28. The van der Waals surface area contributed by atoms with Crippen LogP contribution in [0.2, 0.25) is 0 Å². The SMILES string of the molecule is CC(C)C1CCSC(=NCC2CCCCS2)N1. The predicted octanol–water partition coefficient (Wildman–Crippen LogP) is 3.38. The van der Waals surface area contributed by atoms with Crippen LogP contribution in [0.5, 0.6) is 0 Å². The highest BCUT2D eigenvalue weighted by Gasteiger charge is 2.20. The Kier molecular flexibility index (Phi) is 5.54. The van der Waals surface area contributed by atoms with Crippen molar-refractivity contribution in [2.75, 3.05) is 18.1 Å². The number of hydrogen-bond donors (Lipinski definition) is 1. The first-order chi connectivity index (χ1) is 8.25. The summed E-state index contributed by atoms with van der Waals surface area (Å²) in [5.41, 5.74) is 0. The molecule has 2 aliphatic rings. The number of amidine groups is 1. The van der Waals surface area contributed by atoms with Gasteiger partial charge in [-0.3, -0.25) is 4.99 Å². The van der Waals surface area contributed by atoms with Gasteiger partial charge in [0, 0.05) is 17.0 Å². The molecular weight excluding hydrogens is 248 g/mol. The number of nitrogens with one attached hydrogen (secondary N) is 1. The van der Waals surface area contributed by atoms with Gasteiger partial charge in [-0.25, -0.2) is 0 Å². The zero-order valence-electron chi connectivity index (χ0n) is 10.9. The van der Waals surface area contributed by atoms with Gasteiger partial charge in [-0.2, -0.15) is 11.8 Å². The molecule has 2 nitrogen and oxygen atoms in total.